The molecule has 2 N–H and O–H groups in total. The van der Waals surface area contributed by atoms with Gasteiger partial charge >= 0.3 is 0 Å². The Morgan fingerprint density at radius 1 is 0.808 bits per heavy atom. The molecule has 0 aliphatic carbocycles. The molecule has 0 aliphatic heterocycles. The number of anilines is 1. The molecule has 0 unspecified atom stereocenters. The second kappa shape index (κ2) is 8.36. The summed E-state index contributed by atoms with van der Waals surface area (Å²) in [6.45, 7) is 0.212. The molecule has 3 aromatic rings. The number of rotatable bonds is 7. The zero-order valence-electron chi connectivity index (χ0n) is 14.0. The molecule has 0 heterocycles. The predicted octanol–water partition coefficient (Wildman–Crippen LogP) is 4.47. The van der Waals surface area contributed by atoms with Crippen LogP contribution in [0.15, 0.2) is 89.8 Å². The van der Waals surface area contributed by atoms with Crippen molar-refractivity contribution in [2.24, 2.45) is 0 Å². The highest BCUT2D eigenvalue weighted by atomic mass is 35.5. The van der Waals surface area contributed by atoms with E-state index in [4.69, 9.17) is 11.6 Å². The fraction of sp³-hybridized carbons (Fsp3) is 0.100. The highest BCUT2D eigenvalue weighted by Gasteiger charge is 2.18. The number of sulfonamides is 1. The van der Waals surface area contributed by atoms with Crippen molar-refractivity contribution in [2.45, 2.75) is 10.9 Å². The van der Waals surface area contributed by atoms with E-state index < -0.39 is 10.0 Å². The molecule has 6 heteroatoms. The topological polar surface area (TPSA) is 58.2 Å². The number of halogens is 1. The van der Waals surface area contributed by atoms with Gasteiger partial charge in [0.1, 0.15) is 0 Å². The molecule has 0 spiro atoms. The van der Waals surface area contributed by atoms with Gasteiger partial charge in [-0.05, 0) is 42.0 Å². The van der Waals surface area contributed by atoms with Gasteiger partial charge in [-0.25, -0.2) is 13.1 Å². The molecule has 0 radical (unpaired) electrons. The Bertz CT molecular complexity index is 931. The van der Waals surface area contributed by atoms with Crippen molar-refractivity contribution >= 4 is 27.3 Å². The minimum absolute atomic E-state index is 0.188. The third-order valence-corrected chi connectivity index (χ3v) is 5.61. The van der Waals surface area contributed by atoms with E-state index in [-0.39, 0.29) is 17.5 Å². The van der Waals surface area contributed by atoms with Gasteiger partial charge in [0.2, 0.25) is 10.0 Å². The van der Waals surface area contributed by atoms with Crippen LogP contribution in [0, 0.1) is 0 Å². The normalized spacial score (nSPS) is 12.5. The largest absolute Gasteiger partial charge is 0.377 e. The Hall–Kier alpha value is -2.34. The van der Waals surface area contributed by atoms with E-state index in [2.05, 4.69) is 10.0 Å². The molecular formula is C20H19ClN2O2S. The van der Waals surface area contributed by atoms with Gasteiger partial charge in [-0.1, -0.05) is 60.1 Å². The van der Waals surface area contributed by atoms with E-state index in [0.717, 1.165) is 11.3 Å². The first kappa shape index (κ1) is 18.5. The zero-order valence-corrected chi connectivity index (χ0v) is 15.5. The molecule has 0 amide bonds. The van der Waals surface area contributed by atoms with Crippen LogP contribution in [0.3, 0.4) is 0 Å². The fourth-order valence-corrected chi connectivity index (χ4v) is 3.74. The Kier molecular flexibility index (Phi) is 5.93. The van der Waals surface area contributed by atoms with E-state index >= 15 is 0 Å². The standard InChI is InChI=1S/C20H19ClN2O2S/c21-17-11-13-19(14-12-17)26(24,25)22-15-20(16-7-3-1-4-8-16)23-18-9-5-2-6-10-18/h1-14,20,22-23H,15H2/t20-/m0/s1. The molecule has 1 atom stereocenters. The Balaban J connectivity index is 1.78. The molecular weight excluding hydrogens is 368 g/mol. The van der Waals surface area contributed by atoms with Crippen molar-refractivity contribution in [1.82, 2.24) is 4.72 Å². The second-order valence-corrected chi connectivity index (χ2v) is 7.98. The Morgan fingerprint density at radius 2 is 1.38 bits per heavy atom. The minimum Gasteiger partial charge on any atom is -0.377 e. The summed E-state index contributed by atoms with van der Waals surface area (Å²) in [6.07, 6.45) is 0. The molecule has 3 aromatic carbocycles. The summed E-state index contributed by atoms with van der Waals surface area (Å²) >= 11 is 5.83. The lowest BCUT2D eigenvalue weighted by Crippen LogP contribution is -2.31. The van der Waals surface area contributed by atoms with E-state index in [1.807, 2.05) is 60.7 Å². The molecule has 3 rings (SSSR count). The summed E-state index contributed by atoms with van der Waals surface area (Å²) in [5.41, 5.74) is 1.92. The summed E-state index contributed by atoms with van der Waals surface area (Å²) in [6, 6.07) is 25.3. The third-order valence-electron chi connectivity index (χ3n) is 3.92. The highest BCUT2D eigenvalue weighted by Crippen LogP contribution is 2.20. The van der Waals surface area contributed by atoms with Gasteiger partial charge in [-0.2, -0.15) is 0 Å². The summed E-state index contributed by atoms with van der Waals surface area (Å²) in [5.74, 6) is 0. The number of nitrogens with one attached hydrogen (secondary N) is 2. The molecule has 0 bridgehead atoms. The number of hydrogen-bond donors (Lipinski definition) is 2. The van der Waals surface area contributed by atoms with Gasteiger partial charge in [0.15, 0.2) is 0 Å². The lowest BCUT2D eigenvalue weighted by atomic mass is 10.1. The maximum atomic E-state index is 12.5. The Morgan fingerprint density at radius 3 is 2.00 bits per heavy atom. The molecule has 134 valence electrons. The van der Waals surface area contributed by atoms with Crippen molar-refractivity contribution in [3.63, 3.8) is 0 Å². The monoisotopic (exact) mass is 386 g/mol. The lowest BCUT2D eigenvalue weighted by Gasteiger charge is -2.21. The van der Waals surface area contributed by atoms with E-state index in [1.165, 1.54) is 12.1 Å². The maximum absolute atomic E-state index is 12.5. The van der Waals surface area contributed by atoms with Crippen molar-refractivity contribution in [3.05, 3.63) is 95.5 Å². The molecule has 0 aromatic heterocycles. The van der Waals surface area contributed by atoms with Crippen LogP contribution in [0.4, 0.5) is 5.69 Å². The van der Waals surface area contributed by atoms with Crippen molar-refractivity contribution < 1.29 is 8.42 Å². The van der Waals surface area contributed by atoms with Gasteiger partial charge in [-0.15, -0.1) is 0 Å². The molecule has 26 heavy (non-hydrogen) atoms. The molecule has 4 nitrogen and oxygen atoms in total. The zero-order chi connectivity index (χ0) is 18.4. The first-order chi connectivity index (χ1) is 12.5. The van der Waals surface area contributed by atoms with Crippen molar-refractivity contribution in [1.29, 1.82) is 0 Å². The third kappa shape index (κ3) is 4.85. The van der Waals surface area contributed by atoms with Crippen LogP contribution in [-0.2, 0) is 10.0 Å². The van der Waals surface area contributed by atoms with Gasteiger partial charge in [0, 0.05) is 17.3 Å². The predicted molar refractivity (Wildman–Crippen MR) is 106 cm³/mol. The number of para-hydroxylation sites is 1. The maximum Gasteiger partial charge on any atom is 0.240 e. The SMILES string of the molecule is O=S(=O)(NC[C@H](Nc1ccccc1)c1ccccc1)c1ccc(Cl)cc1. The Labute approximate surface area is 158 Å². The highest BCUT2D eigenvalue weighted by molar-refractivity contribution is 7.89. The quantitative estimate of drug-likeness (QED) is 0.629. The molecule has 0 aliphatic rings. The summed E-state index contributed by atoms with van der Waals surface area (Å²) in [7, 11) is -3.62. The minimum atomic E-state index is -3.62. The van der Waals surface area contributed by atoms with E-state index in [1.54, 1.807) is 12.1 Å². The summed E-state index contributed by atoms with van der Waals surface area (Å²) < 4.78 is 27.8. The molecule has 0 saturated carbocycles. The van der Waals surface area contributed by atoms with Crippen molar-refractivity contribution in [2.75, 3.05) is 11.9 Å². The van der Waals surface area contributed by atoms with Gasteiger partial charge in [0.05, 0.1) is 10.9 Å². The van der Waals surface area contributed by atoms with Crippen LogP contribution >= 0.6 is 11.6 Å². The average molecular weight is 387 g/mol. The second-order valence-electron chi connectivity index (χ2n) is 5.78. The van der Waals surface area contributed by atoms with Gasteiger partial charge in [-0.3, -0.25) is 0 Å². The van der Waals surface area contributed by atoms with E-state index in [0.29, 0.717) is 5.02 Å². The number of hydrogen-bond acceptors (Lipinski definition) is 3. The first-order valence-corrected chi connectivity index (χ1v) is 10.0. The van der Waals surface area contributed by atoms with Gasteiger partial charge in [0.25, 0.3) is 0 Å². The van der Waals surface area contributed by atoms with Crippen LogP contribution in [0.2, 0.25) is 5.02 Å². The van der Waals surface area contributed by atoms with Crippen LogP contribution in [0.5, 0.6) is 0 Å². The van der Waals surface area contributed by atoms with Crippen LogP contribution in [0.25, 0.3) is 0 Å². The summed E-state index contributed by atoms with van der Waals surface area (Å²) in [5, 5.41) is 3.88. The fourth-order valence-electron chi connectivity index (χ4n) is 2.56. The average Bonchev–Trinajstić information content (AvgIpc) is 2.67. The molecule has 0 fully saturated rings. The van der Waals surface area contributed by atoms with Crippen molar-refractivity contribution in [3.8, 4) is 0 Å². The smallest absolute Gasteiger partial charge is 0.240 e. The number of benzene rings is 3. The molecule has 0 saturated heterocycles. The summed E-state index contributed by atoms with van der Waals surface area (Å²) in [4.78, 5) is 0.188. The lowest BCUT2D eigenvalue weighted by molar-refractivity contribution is 0.576. The van der Waals surface area contributed by atoms with Gasteiger partial charge < -0.3 is 5.32 Å². The first-order valence-electron chi connectivity index (χ1n) is 8.16. The van der Waals surface area contributed by atoms with Crippen LogP contribution < -0.4 is 10.0 Å². The van der Waals surface area contributed by atoms with Crippen LogP contribution in [0.1, 0.15) is 11.6 Å². The van der Waals surface area contributed by atoms with Crippen LogP contribution in [-0.4, -0.2) is 15.0 Å². The van der Waals surface area contributed by atoms with E-state index in [9.17, 15) is 8.42 Å².